The average Bonchev–Trinajstić information content (AvgIpc) is 2.65. The number of aromatic hydroxyl groups is 1. The van der Waals surface area contributed by atoms with Crippen molar-refractivity contribution in [2.45, 2.75) is 6.42 Å². The first-order chi connectivity index (χ1) is 8.99. The molecule has 1 aromatic carbocycles. The molecule has 0 fully saturated rings. The molecule has 0 aliphatic rings. The molecular weight excluding hydrogens is 248 g/mol. The molecule has 3 N–H and O–H groups in total. The molecule has 0 bridgehead atoms. The van der Waals surface area contributed by atoms with E-state index in [4.69, 9.17) is 5.11 Å². The summed E-state index contributed by atoms with van der Waals surface area (Å²) in [4.78, 5) is 22.3. The van der Waals surface area contributed by atoms with Gasteiger partial charge in [0.05, 0.1) is 6.42 Å². The molecule has 2 aromatic rings. The molecular formula is C13H14N2O4. The fourth-order valence-electron chi connectivity index (χ4n) is 1.93. The van der Waals surface area contributed by atoms with Crippen molar-refractivity contribution >= 4 is 22.8 Å². The number of carboxylic acids is 1. The second kappa shape index (κ2) is 5.01. The van der Waals surface area contributed by atoms with E-state index in [1.807, 2.05) is 0 Å². The number of carboxylic acid groups (broad SMARTS) is 1. The number of aromatic nitrogens is 1. The molecule has 6 heteroatoms. The van der Waals surface area contributed by atoms with Crippen LogP contribution in [-0.4, -0.2) is 33.2 Å². The number of carbonyl (C=O) groups excluding carboxylic acids is 1. The molecule has 0 saturated carbocycles. The number of fused-ring (bicyclic) bond motifs is 1. The predicted molar refractivity (Wildman–Crippen MR) is 69.2 cm³/mol. The van der Waals surface area contributed by atoms with Crippen molar-refractivity contribution in [3.63, 3.8) is 0 Å². The summed E-state index contributed by atoms with van der Waals surface area (Å²) in [6, 6.07) is 6.50. The summed E-state index contributed by atoms with van der Waals surface area (Å²) in [5.74, 6) is -1.15. The molecule has 100 valence electrons. The molecule has 0 radical (unpaired) electrons. The van der Waals surface area contributed by atoms with Crippen LogP contribution in [0.15, 0.2) is 24.3 Å². The van der Waals surface area contributed by atoms with Crippen molar-refractivity contribution in [2.24, 2.45) is 7.05 Å². The molecule has 0 aliphatic heterocycles. The van der Waals surface area contributed by atoms with E-state index in [1.165, 1.54) is 0 Å². The fraction of sp³-hybridized carbons (Fsp3) is 0.231. The molecule has 0 aliphatic carbocycles. The first kappa shape index (κ1) is 12.9. The monoisotopic (exact) mass is 262 g/mol. The second-order valence-electron chi connectivity index (χ2n) is 4.23. The van der Waals surface area contributed by atoms with Gasteiger partial charge in [0.15, 0.2) is 0 Å². The minimum absolute atomic E-state index is 0.0843. The Hall–Kier alpha value is -2.50. The zero-order chi connectivity index (χ0) is 14.0. The molecule has 1 heterocycles. The van der Waals surface area contributed by atoms with Crippen molar-refractivity contribution in [3.8, 4) is 5.75 Å². The molecule has 0 unspecified atom stereocenters. The zero-order valence-corrected chi connectivity index (χ0v) is 10.4. The highest BCUT2D eigenvalue weighted by Gasteiger charge is 2.13. The van der Waals surface area contributed by atoms with Crippen LogP contribution in [0.2, 0.25) is 0 Å². The smallest absolute Gasteiger partial charge is 0.305 e. The molecule has 1 amide bonds. The van der Waals surface area contributed by atoms with E-state index in [2.05, 4.69) is 5.32 Å². The van der Waals surface area contributed by atoms with Crippen molar-refractivity contribution in [2.75, 3.05) is 6.54 Å². The van der Waals surface area contributed by atoms with Gasteiger partial charge in [0.1, 0.15) is 11.4 Å². The van der Waals surface area contributed by atoms with Crippen molar-refractivity contribution < 1.29 is 19.8 Å². The maximum Gasteiger partial charge on any atom is 0.305 e. The highest BCUT2D eigenvalue weighted by molar-refractivity contribution is 5.99. The Balaban J connectivity index is 2.22. The quantitative estimate of drug-likeness (QED) is 0.769. The van der Waals surface area contributed by atoms with Gasteiger partial charge in [0.25, 0.3) is 5.91 Å². The molecule has 6 nitrogen and oxygen atoms in total. The summed E-state index contributed by atoms with van der Waals surface area (Å²) in [5, 5.41) is 21.2. The minimum atomic E-state index is -0.956. The Morgan fingerprint density at radius 3 is 2.74 bits per heavy atom. The number of aliphatic carboxylic acids is 1. The van der Waals surface area contributed by atoms with E-state index >= 15 is 0 Å². The Kier molecular flexibility index (Phi) is 3.41. The van der Waals surface area contributed by atoms with Crippen LogP contribution < -0.4 is 5.32 Å². The normalized spacial score (nSPS) is 10.6. The molecule has 2 rings (SSSR count). The second-order valence-corrected chi connectivity index (χ2v) is 4.23. The van der Waals surface area contributed by atoms with Crippen molar-refractivity contribution in [1.29, 1.82) is 0 Å². The van der Waals surface area contributed by atoms with E-state index in [1.54, 1.807) is 35.9 Å². The van der Waals surface area contributed by atoms with Crippen LogP contribution in [0.3, 0.4) is 0 Å². The standard InChI is InChI=1S/C13H14N2O4/c1-15-10-3-2-9(16)6-8(10)7-11(15)13(19)14-5-4-12(17)18/h2-3,6-7,16H,4-5H2,1H3,(H,14,19)(H,17,18). The number of phenolic OH excluding ortho intramolecular Hbond substituents is 1. The van der Waals surface area contributed by atoms with Gasteiger partial charge in [-0.05, 0) is 24.3 Å². The number of phenols is 1. The van der Waals surface area contributed by atoms with Gasteiger partial charge in [-0.15, -0.1) is 0 Å². The average molecular weight is 262 g/mol. The molecule has 1 aromatic heterocycles. The van der Waals surface area contributed by atoms with Crippen LogP contribution >= 0.6 is 0 Å². The Morgan fingerprint density at radius 1 is 1.32 bits per heavy atom. The van der Waals surface area contributed by atoms with Crippen molar-refractivity contribution in [3.05, 3.63) is 30.0 Å². The minimum Gasteiger partial charge on any atom is -0.508 e. The van der Waals surface area contributed by atoms with Crippen molar-refractivity contribution in [1.82, 2.24) is 9.88 Å². The number of aryl methyl sites for hydroxylation is 1. The number of nitrogens with zero attached hydrogens (tertiary/aromatic N) is 1. The van der Waals surface area contributed by atoms with E-state index in [0.29, 0.717) is 5.69 Å². The van der Waals surface area contributed by atoms with Gasteiger partial charge < -0.3 is 20.1 Å². The number of hydrogen-bond donors (Lipinski definition) is 3. The highest BCUT2D eigenvalue weighted by atomic mass is 16.4. The lowest BCUT2D eigenvalue weighted by atomic mass is 10.2. The maximum atomic E-state index is 11.9. The summed E-state index contributed by atoms with van der Waals surface area (Å²) < 4.78 is 1.70. The third-order valence-corrected chi connectivity index (χ3v) is 2.88. The van der Waals surface area contributed by atoms with Crippen LogP contribution in [0.25, 0.3) is 10.9 Å². The summed E-state index contributed by atoms with van der Waals surface area (Å²) in [6.45, 7) is 0.0843. The van der Waals surface area contributed by atoms with Crippen LogP contribution in [0.4, 0.5) is 0 Å². The van der Waals surface area contributed by atoms with Gasteiger partial charge >= 0.3 is 5.97 Å². The zero-order valence-electron chi connectivity index (χ0n) is 10.4. The Labute approximate surface area is 109 Å². The number of nitrogens with one attached hydrogen (secondary N) is 1. The molecule has 0 saturated heterocycles. The molecule has 19 heavy (non-hydrogen) atoms. The predicted octanol–water partition coefficient (Wildman–Crippen LogP) is 1.09. The number of hydrogen-bond acceptors (Lipinski definition) is 3. The first-order valence-electron chi connectivity index (χ1n) is 5.77. The van der Waals surface area contributed by atoms with Gasteiger partial charge in [-0.2, -0.15) is 0 Å². The van der Waals surface area contributed by atoms with Gasteiger partial charge in [-0.1, -0.05) is 0 Å². The van der Waals surface area contributed by atoms with E-state index in [-0.39, 0.29) is 24.6 Å². The van der Waals surface area contributed by atoms with Gasteiger partial charge in [0.2, 0.25) is 0 Å². The maximum absolute atomic E-state index is 11.9. The molecule has 0 atom stereocenters. The Bertz CT molecular complexity index is 645. The lowest BCUT2D eigenvalue weighted by molar-refractivity contribution is -0.136. The lowest BCUT2D eigenvalue weighted by Crippen LogP contribution is -2.27. The number of rotatable bonds is 4. The van der Waals surface area contributed by atoms with E-state index < -0.39 is 5.97 Å². The SMILES string of the molecule is Cn1c(C(=O)NCCC(=O)O)cc2cc(O)ccc21. The summed E-state index contributed by atoms with van der Waals surface area (Å²) in [5.41, 5.74) is 1.24. The van der Waals surface area contributed by atoms with Crippen LogP contribution in [0, 0.1) is 0 Å². The number of amides is 1. The van der Waals surface area contributed by atoms with Gasteiger partial charge in [-0.3, -0.25) is 9.59 Å². The lowest BCUT2D eigenvalue weighted by Gasteiger charge is -2.05. The highest BCUT2D eigenvalue weighted by Crippen LogP contribution is 2.22. The first-order valence-corrected chi connectivity index (χ1v) is 5.77. The molecule has 0 spiro atoms. The topological polar surface area (TPSA) is 91.6 Å². The third kappa shape index (κ3) is 2.67. The van der Waals surface area contributed by atoms with Gasteiger partial charge in [0, 0.05) is 24.5 Å². The van der Waals surface area contributed by atoms with Gasteiger partial charge in [-0.25, -0.2) is 0 Å². The number of carbonyl (C=O) groups is 2. The summed E-state index contributed by atoms with van der Waals surface area (Å²) in [7, 11) is 1.74. The summed E-state index contributed by atoms with van der Waals surface area (Å²) >= 11 is 0. The Morgan fingerprint density at radius 2 is 2.05 bits per heavy atom. The largest absolute Gasteiger partial charge is 0.508 e. The van der Waals surface area contributed by atoms with Crippen LogP contribution in [-0.2, 0) is 11.8 Å². The fourth-order valence-corrected chi connectivity index (χ4v) is 1.93. The van der Waals surface area contributed by atoms with Crippen LogP contribution in [0.1, 0.15) is 16.9 Å². The number of benzene rings is 1. The van der Waals surface area contributed by atoms with E-state index in [9.17, 15) is 14.7 Å². The third-order valence-electron chi connectivity index (χ3n) is 2.88. The van der Waals surface area contributed by atoms with E-state index in [0.717, 1.165) is 10.9 Å². The summed E-state index contributed by atoms with van der Waals surface area (Å²) in [6.07, 6.45) is -0.115. The van der Waals surface area contributed by atoms with Crippen LogP contribution in [0.5, 0.6) is 5.75 Å².